The fraction of sp³-hybridized carbons (Fsp3) is 0.417. The van der Waals surface area contributed by atoms with Gasteiger partial charge < -0.3 is 9.30 Å². The van der Waals surface area contributed by atoms with Gasteiger partial charge in [0.25, 0.3) is 0 Å². The molecule has 0 spiro atoms. The van der Waals surface area contributed by atoms with E-state index < -0.39 is 11.6 Å². The van der Waals surface area contributed by atoms with E-state index in [-0.39, 0.29) is 0 Å². The van der Waals surface area contributed by atoms with Crippen LogP contribution in [0.15, 0.2) is 18.5 Å². The normalized spacial score (nSPS) is 15.6. The van der Waals surface area contributed by atoms with Crippen LogP contribution in [0, 0.1) is 17.6 Å². The molecule has 3 rings (SSSR count). The van der Waals surface area contributed by atoms with E-state index in [1.54, 1.807) is 4.57 Å². The highest BCUT2D eigenvalue weighted by atomic mass is 19.2. The van der Waals surface area contributed by atoms with Gasteiger partial charge in [0.05, 0.1) is 24.0 Å². The maximum atomic E-state index is 13.1. The quantitative estimate of drug-likeness (QED) is 0.818. The minimum atomic E-state index is -0.873. The Morgan fingerprint density at radius 2 is 2.06 bits per heavy atom. The number of nitrogens with zero attached hydrogens (tertiary/aromatic N) is 2. The average molecular weight is 238 g/mol. The number of ether oxygens (including phenoxy) is 1. The molecule has 1 heterocycles. The Bertz CT molecular complexity index is 549. The first-order valence-corrected chi connectivity index (χ1v) is 5.61. The summed E-state index contributed by atoms with van der Waals surface area (Å²) in [5.41, 5.74) is 0.999. The van der Waals surface area contributed by atoms with E-state index in [1.165, 1.54) is 19.2 Å². The zero-order chi connectivity index (χ0) is 11.8. The number of aromatic nitrogens is 2. The number of hydrogen-bond acceptors (Lipinski definition) is 2. The largest absolute Gasteiger partial charge is 0.360 e. The first-order chi connectivity index (χ1) is 8.24. The zero-order valence-corrected chi connectivity index (χ0v) is 9.20. The lowest BCUT2D eigenvalue weighted by atomic mass is 10.3. The van der Waals surface area contributed by atoms with Crippen LogP contribution in [0.5, 0.6) is 0 Å². The molecule has 0 amide bonds. The maximum absolute atomic E-state index is 13.1. The van der Waals surface area contributed by atoms with E-state index in [0.29, 0.717) is 23.7 Å². The van der Waals surface area contributed by atoms with E-state index in [1.807, 2.05) is 0 Å². The van der Waals surface area contributed by atoms with Crippen LogP contribution in [0.2, 0.25) is 0 Å². The lowest BCUT2D eigenvalue weighted by molar-refractivity contribution is 0.0714. The van der Waals surface area contributed by atoms with Crippen molar-refractivity contribution in [2.45, 2.75) is 19.6 Å². The molecule has 90 valence electrons. The topological polar surface area (TPSA) is 27.1 Å². The molecule has 0 unspecified atom stereocenters. The molecule has 0 aliphatic heterocycles. The minimum Gasteiger partial charge on any atom is -0.360 e. The van der Waals surface area contributed by atoms with Crippen molar-refractivity contribution in [2.75, 3.05) is 6.61 Å². The third-order valence-corrected chi connectivity index (χ3v) is 2.94. The average Bonchev–Trinajstić information content (AvgIpc) is 3.05. The van der Waals surface area contributed by atoms with Gasteiger partial charge in [-0.1, -0.05) is 0 Å². The molecule has 1 fully saturated rings. The van der Waals surface area contributed by atoms with Crippen LogP contribution in [0.4, 0.5) is 8.78 Å². The Morgan fingerprint density at radius 3 is 2.82 bits per heavy atom. The van der Waals surface area contributed by atoms with Gasteiger partial charge in [-0.3, -0.25) is 0 Å². The molecule has 1 saturated carbocycles. The fourth-order valence-electron chi connectivity index (χ4n) is 1.76. The van der Waals surface area contributed by atoms with E-state index >= 15 is 0 Å². The van der Waals surface area contributed by atoms with Gasteiger partial charge in [0.2, 0.25) is 0 Å². The molecule has 3 nitrogen and oxygen atoms in total. The minimum absolute atomic E-state index is 0.331. The van der Waals surface area contributed by atoms with E-state index in [2.05, 4.69) is 4.98 Å². The summed E-state index contributed by atoms with van der Waals surface area (Å²) in [5, 5.41) is 0. The van der Waals surface area contributed by atoms with Crippen molar-refractivity contribution >= 4 is 11.0 Å². The van der Waals surface area contributed by atoms with Gasteiger partial charge in [-0.05, 0) is 18.8 Å². The lowest BCUT2D eigenvalue weighted by Gasteiger charge is -2.05. The van der Waals surface area contributed by atoms with Crippen LogP contribution >= 0.6 is 0 Å². The Labute approximate surface area is 97.0 Å². The molecule has 5 heteroatoms. The summed E-state index contributed by atoms with van der Waals surface area (Å²) in [7, 11) is 0. The van der Waals surface area contributed by atoms with Gasteiger partial charge in [0.15, 0.2) is 11.6 Å². The highest BCUT2D eigenvalue weighted by Gasteiger charge is 2.21. The summed E-state index contributed by atoms with van der Waals surface area (Å²) in [4.78, 5) is 4.01. The first-order valence-electron chi connectivity index (χ1n) is 5.61. The molecular weight excluding hydrogens is 226 g/mol. The van der Waals surface area contributed by atoms with Crippen molar-refractivity contribution in [3.63, 3.8) is 0 Å². The van der Waals surface area contributed by atoms with Crippen LogP contribution in [0.25, 0.3) is 11.0 Å². The summed E-state index contributed by atoms with van der Waals surface area (Å²) in [6.07, 6.45) is 3.99. The number of hydrogen-bond donors (Lipinski definition) is 0. The lowest BCUT2D eigenvalue weighted by Crippen LogP contribution is -2.03. The summed E-state index contributed by atoms with van der Waals surface area (Å²) >= 11 is 0. The van der Waals surface area contributed by atoms with Gasteiger partial charge in [-0.2, -0.15) is 0 Å². The van der Waals surface area contributed by atoms with Crippen molar-refractivity contribution in [3.05, 3.63) is 30.1 Å². The van der Waals surface area contributed by atoms with Gasteiger partial charge >= 0.3 is 0 Å². The fourth-order valence-corrected chi connectivity index (χ4v) is 1.76. The molecular formula is C12H12F2N2O. The summed E-state index contributed by atoms with van der Waals surface area (Å²) < 4.78 is 33.2. The molecule has 0 atom stereocenters. The number of benzene rings is 1. The molecule has 0 bridgehead atoms. The van der Waals surface area contributed by atoms with Crippen LogP contribution in [-0.4, -0.2) is 16.2 Å². The Balaban J connectivity index is 1.80. The number of halogens is 2. The zero-order valence-electron chi connectivity index (χ0n) is 9.20. The summed E-state index contributed by atoms with van der Waals surface area (Å²) in [6, 6.07) is 2.25. The second-order valence-corrected chi connectivity index (χ2v) is 4.41. The predicted octanol–water partition coefficient (Wildman–Crippen LogP) is 2.70. The molecule has 1 aliphatic rings. The van der Waals surface area contributed by atoms with Crippen LogP contribution in [-0.2, 0) is 11.5 Å². The smallest absolute Gasteiger partial charge is 0.161 e. The third-order valence-electron chi connectivity index (χ3n) is 2.94. The maximum Gasteiger partial charge on any atom is 0.161 e. The van der Waals surface area contributed by atoms with Gasteiger partial charge in [0.1, 0.15) is 6.73 Å². The molecule has 1 aromatic carbocycles. The highest BCUT2D eigenvalue weighted by molar-refractivity contribution is 5.75. The number of rotatable bonds is 4. The van der Waals surface area contributed by atoms with Gasteiger partial charge in [0, 0.05) is 12.1 Å². The third kappa shape index (κ3) is 2.15. The molecule has 1 aromatic heterocycles. The van der Waals surface area contributed by atoms with E-state index in [9.17, 15) is 8.78 Å². The SMILES string of the molecule is Fc1cc2ncn(COCC3CC3)c2cc1F. The van der Waals surface area contributed by atoms with Crippen molar-refractivity contribution in [1.29, 1.82) is 0 Å². The Kier molecular flexibility index (Phi) is 2.55. The summed E-state index contributed by atoms with van der Waals surface area (Å²) in [6.45, 7) is 1.06. The monoisotopic (exact) mass is 238 g/mol. The molecule has 17 heavy (non-hydrogen) atoms. The summed E-state index contributed by atoms with van der Waals surface area (Å²) in [5.74, 6) is -1.05. The van der Waals surface area contributed by atoms with Gasteiger partial charge in [-0.25, -0.2) is 13.8 Å². The van der Waals surface area contributed by atoms with Crippen molar-refractivity contribution in [1.82, 2.24) is 9.55 Å². The molecule has 1 aliphatic carbocycles. The Morgan fingerprint density at radius 1 is 1.29 bits per heavy atom. The van der Waals surface area contributed by atoms with Gasteiger partial charge in [-0.15, -0.1) is 0 Å². The number of imidazole rings is 1. The number of fused-ring (bicyclic) bond motifs is 1. The van der Waals surface area contributed by atoms with Crippen molar-refractivity contribution in [3.8, 4) is 0 Å². The molecule has 2 aromatic rings. The second kappa shape index (κ2) is 4.07. The standard InChI is InChI=1S/C12H12F2N2O/c13-9-3-11-12(4-10(9)14)16(6-15-11)7-17-5-8-1-2-8/h3-4,6,8H,1-2,5,7H2. The van der Waals surface area contributed by atoms with E-state index in [0.717, 1.165) is 18.7 Å². The molecule has 0 saturated heterocycles. The highest BCUT2D eigenvalue weighted by Crippen LogP contribution is 2.29. The second-order valence-electron chi connectivity index (χ2n) is 4.41. The Hall–Kier alpha value is -1.49. The molecule has 0 radical (unpaired) electrons. The van der Waals surface area contributed by atoms with Crippen molar-refractivity contribution < 1.29 is 13.5 Å². The van der Waals surface area contributed by atoms with Crippen LogP contribution < -0.4 is 0 Å². The van der Waals surface area contributed by atoms with Crippen molar-refractivity contribution in [2.24, 2.45) is 5.92 Å². The van der Waals surface area contributed by atoms with Crippen LogP contribution in [0.1, 0.15) is 12.8 Å². The molecule has 0 N–H and O–H groups in total. The van der Waals surface area contributed by atoms with Crippen LogP contribution in [0.3, 0.4) is 0 Å². The first kappa shape index (κ1) is 10.7. The van der Waals surface area contributed by atoms with E-state index in [4.69, 9.17) is 4.74 Å². The predicted molar refractivity (Wildman–Crippen MR) is 58.3 cm³/mol.